The summed E-state index contributed by atoms with van der Waals surface area (Å²) in [6.45, 7) is 2.56. The Hall–Kier alpha value is -0.525. The zero-order valence-corrected chi connectivity index (χ0v) is 6.21. The lowest BCUT2D eigenvalue weighted by Crippen LogP contribution is -2.15. The molecule has 0 spiro atoms. The highest BCUT2D eigenvalue weighted by atomic mass is 16.5. The van der Waals surface area contributed by atoms with Gasteiger partial charge < -0.3 is 9.68 Å². The summed E-state index contributed by atoms with van der Waals surface area (Å²) in [6, 6.07) is 0. The predicted molar refractivity (Wildman–Crippen MR) is 39.1 cm³/mol. The first-order chi connectivity index (χ1) is 4.81. The lowest BCUT2D eigenvalue weighted by Gasteiger charge is -1.99. The largest absolute Gasteiger partial charge is 0.575 e. The second-order valence-corrected chi connectivity index (χ2v) is 2.06. The molecule has 0 aromatic rings. The van der Waals surface area contributed by atoms with Crippen LogP contribution >= 0.6 is 0 Å². The number of hydrogen-bond donors (Lipinski definition) is 1. The van der Waals surface area contributed by atoms with Crippen LogP contribution in [0.3, 0.4) is 0 Å². The molecule has 0 fully saturated rings. The average Bonchev–Trinajstić information content (AvgIpc) is 1.98. The fourth-order valence-corrected chi connectivity index (χ4v) is 0.584. The van der Waals surface area contributed by atoms with Crippen molar-refractivity contribution >= 4 is 7.12 Å². The van der Waals surface area contributed by atoms with Crippen LogP contribution in [0.4, 0.5) is 0 Å². The van der Waals surface area contributed by atoms with Gasteiger partial charge in [0.25, 0.3) is 0 Å². The highest BCUT2D eigenvalue weighted by Crippen LogP contribution is 1.94. The normalized spacial score (nSPS) is 8.90. The molecule has 3 nitrogen and oxygen atoms in total. The molecule has 0 aliphatic rings. The predicted octanol–water partition coefficient (Wildman–Crippen LogP) is 0.736. The van der Waals surface area contributed by atoms with Crippen LogP contribution in [0.2, 0.25) is 0 Å². The molecule has 0 radical (unpaired) electrons. The average molecular weight is 141 g/mol. The van der Waals surface area contributed by atoms with E-state index in [4.69, 9.17) is 10.3 Å². The standard InChI is InChI=1S/C6H12BNO2/c1-2-3-4-5-10-7(9)6-8/h9H,2-5H2,1H3. The maximum absolute atomic E-state index is 8.57. The van der Waals surface area contributed by atoms with Gasteiger partial charge in [-0.15, -0.1) is 0 Å². The fraction of sp³-hybridized carbons (Fsp3) is 0.833. The van der Waals surface area contributed by atoms with E-state index in [1.807, 2.05) is 0 Å². The Morgan fingerprint density at radius 2 is 2.30 bits per heavy atom. The number of hydrogen-bond acceptors (Lipinski definition) is 3. The summed E-state index contributed by atoms with van der Waals surface area (Å²) in [6.07, 6.45) is 3.11. The third kappa shape index (κ3) is 5.61. The van der Waals surface area contributed by atoms with Gasteiger partial charge in [0, 0.05) is 6.61 Å². The van der Waals surface area contributed by atoms with Crippen LogP contribution in [0.1, 0.15) is 26.2 Å². The van der Waals surface area contributed by atoms with Crippen LogP contribution in [0.25, 0.3) is 0 Å². The zero-order chi connectivity index (χ0) is 7.82. The van der Waals surface area contributed by atoms with E-state index in [0.717, 1.165) is 19.3 Å². The van der Waals surface area contributed by atoms with Gasteiger partial charge in [-0.25, -0.2) is 5.26 Å². The van der Waals surface area contributed by atoms with Crippen LogP contribution in [-0.4, -0.2) is 18.7 Å². The Labute approximate surface area is 61.8 Å². The van der Waals surface area contributed by atoms with Gasteiger partial charge in [0.15, 0.2) is 0 Å². The molecule has 0 bridgehead atoms. The van der Waals surface area contributed by atoms with Crippen molar-refractivity contribution in [3.05, 3.63) is 0 Å². The molecule has 0 saturated heterocycles. The number of nitriles is 1. The first-order valence-corrected chi connectivity index (χ1v) is 3.50. The Balaban J connectivity index is 2.98. The molecule has 1 N–H and O–H groups in total. The Morgan fingerprint density at radius 3 is 2.80 bits per heavy atom. The van der Waals surface area contributed by atoms with Crippen LogP contribution in [0.5, 0.6) is 0 Å². The zero-order valence-electron chi connectivity index (χ0n) is 6.21. The fourth-order valence-electron chi connectivity index (χ4n) is 0.584. The van der Waals surface area contributed by atoms with Gasteiger partial charge in [-0.05, 0) is 6.42 Å². The monoisotopic (exact) mass is 141 g/mol. The molecule has 0 aliphatic heterocycles. The van der Waals surface area contributed by atoms with Crippen LogP contribution in [-0.2, 0) is 4.65 Å². The molecule has 0 atom stereocenters. The summed E-state index contributed by atoms with van der Waals surface area (Å²) in [5.74, 6) is 1.58. The van der Waals surface area contributed by atoms with E-state index in [0.29, 0.717) is 6.61 Å². The van der Waals surface area contributed by atoms with Crippen molar-refractivity contribution in [2.24, 2.45) is 0 Å². The minimum Gasteiger partial charge on any atom is -0.415 e. The maximum Gasteiger partial charge on any atom is 0.575 e. The molecule has 0 aliphatic carbocycles. The molecule has 0 amide bonds. The van der Waals surface area contributed by atoms with Crippen molar-refractivity contribution in [1.29, 1.82) is 5.26 Å². The molecular weight excluding hydrogens is 129 g/mol. The number of nitrogens with zero attached hydrogens (tertiary/aromatic N) is 1. The van der Waals surface area contributed by atoms with E-state index in [-0.39, 0.29) is 0 Å². The van der Waals surface area contributed by atoms with Crippen molar-refractivity contribution in [3.63, 3.8) is 0 Å². The minimum atomic E-state index is -1.24. The molecular formula is C6H12BNO2. The van der Waals surface area contributed by atoms with Crippen LogP contribution < -0.4 is 0 Å². The quantitative estimate of drug-likeness (QED) is 0.453. The molecule has 0 saturated carbocycles. The SMILES string of the molecule is CCCCCOB(O)C#N. The molecule has 0 aromatic heterocycles. The van der Waals surface area contributed by atoms with Gasteiger partial charge in [0.2, 0.25) is 0 Å². The van der Waals surface area contributed by atoms with Gasteiger partial charge in [0.1, 0.15) is 0 Å². The van der Waals surface area contributed by atoms with E-state index >= 15 is 0 Å². The molecule has 0 unspecified atom stereocenters. The van der Waals surface area contributed by atoms with Gasteiger partial charge >= 0.3 is 7.12 Å². The summed E-state index contributed by atoms with van der Waals surface area (Å²) < 4.78 is 4.69. The summed E-state index contributed by atoms with van der Waals surface area (Å²) in [5, 5.41) is 16.6. The first kappa shape index (κ1) is 9.47. The van der Waals surface area contributed by atoms with Crippen LogP contribution in [0, 0.1) is 11.2 Å². The summed E-state index contributed by atoms with van der Waals surface area (Å²) in [7, 11) is -1.24. The summed E-state index contributed by atoms with van der Waals surface area (Å²) in [5.41, 5.74) is 0. The molecule has 10 heavy (non-hydrogen) atoms. The lowest BCUT2D eigenvalue weighted by molar-refractivity contribution is 0.263. The molecule has 0 aromatic carbocycles. The van der Waals surface area contributed by atoms with E-state index in [9.17, 15) is 0 Å². The maximum atomic E-state index is 8.57. The van der Waals surface area contributed by atoms with Gasteiger partial charge in [-0.3, -0.25) is 0 Å². The number of rotatable bonds is 5. The second kappa shape index (κ2) is 6.59. The van der Waals surface area contributed by atoms with Gasteiger partial charge in [-0.2, -0.15) is 0 Å². The van der Waals surface area contributed by atoms with Crippen molar-refractivity contribution in [2.45, 2.75) is 26.2 Å². The second-order valence-electron chi connectivity index (χ2n) is 2.06. The van der Waals surface area contributed by atoms with Crippen molar-refractivity contribution in [3.8, 4) is 5.97 Å². The minimum absolute atomic E-state index is 0.475. The van der Waals surface area contributed by atoms with Crippen molar-refractivity contribution < 1.29 is 9.68 Å². The summed E-state index contributed by atoms with van der Waals surface area (Å²) in [4.78, 5) is 0. The third-order valence-electron chi connectivity index (χ3n) is 1.13. The molecule has 56 valence electrons. The first-order valence-electron chi connectivity index (χ1n) is 3.50. The third-order valence-corrected chi connectivity index (χ3v) is 1.13. The molecule has 0 rings (SSSR count). The summed E-state index contributed by atoms with van der Waals surface area (Å²) >= 11 is 0. The molecule has 0 heterocycles. The van der Waals surface area contributed by atoms with E-state index in [2.05, 4.69) is 11.6 Å². The number of unbranched alkanes of at least 4 members (excludes halogenated alkanes) is 2. The lowest BCUT2D eigenvalue weighted by atomic mass is 9.95. The highest BCUT2D eigenvalue weighted by molar-refractivity contribution is 6.52. The Kier molecular flexibility index (Phi) is 6.25. The van der Waals surface area contributed by atoms with Gasteiger partial charge in [0.05, 0.1) is 5.97 Å². The van der Waals surface area contributed by atoms with Crippen molar-refractivity contribution in [1.82, 2.24) is 0 Å². The topological polar surface area (TPSA) is 53.2 Å². The van der Waals surface area contributed by atoms with E-state index in [1.54, 1.807) is 5.97 Å². The van der Waals surface area contributed by atoms with E-state index < -0.39 is 7.12 Å². The Bertz CT molecular complexity index is 113. The van der Waals surface area contributed by atoms with E-state index in [1.165, 1.54) is 0 Å². The van der Waals surface area contributed by atoms with Crippen LogP contribution in [0.15, 0.2) is 0 Å². The van der Waals surface area contributed by atoms with Gasteiger partial charge in [-0.1, -0.05) is 19.8 Å². The molecule has 4 heteroatoms. The highest BCUT2D eigenvalue weighted by Gasteiger charge is 2.09. The Morgan fingerprint density at radius 1 is 1.60 bits per heavy atom. The van der Waals surface area contributed by atoms with Crippen molar-refractivity contribution in [2.75, 3.05) is 6.61 Å². The smallest absolute Gasteiger partial charge is 0.415 e.